The molecule has 0 fully saturated rings. The third-order valence-electron chi connectivity index (χ3n) is 6.08. The van der Waals surface area contributed by atoms with E-state index >= 15 is 0 Å². The lowest BCUT2D eigenvalue weighted by Crippen LogP contribution is -2.26. The van der Waals surface area contributed by atoms with Crippen LogP contribution in [0.2, 0.25) is 0 Å². The number of nitrogens with one attached hydrogen (secondary N) is 1. The van der Waals surface area contributed by atoms with Crippen molar-refractivity contribution in [3.05, 3.63) is 102 Å². The van der Waals surface area contributed by atoms with Crippen LogP contribution in [0.3, 0.4) is 0 Å². The molecule has 0 spiro atoms. The summed E-state index contributed by atoms with van der Waals surface area (Å²) in [5.74, 6) is 0.498. The Bertz CT molecular complexity index is 1350. The molecule has 0 aliphatic heterocycles. The van der Waals surface area contributed by atoms with Crippen molar-refractivity contribution in [3.63, 3.8) is 0 Å². The van der Waals surface area contributed by atoms with E-state index in [-0.39, 0.29) is 4.90 Å². The lowest BCUT2D eigenvalue weighted by atomic mass is 10.1. The molecule has 4 aromatic rings. The van der Waals surface area contributed by atoms with Crippen LogP contribution in [0, 0.1) is 0 Å². The molecule has 0 saturated heterocycles. The number of rotatable bonds is 10. The molecule has 35 heavy (non-hydrogen) atoms. The van der Waals surface area contributed by atoms with E-state index < -0.39 is 10.0 Å². The predicted molar refractivity (Wildman–Crippen MR) is 141 cm³/mol. The molecule has 0 unspecified atom stereocenters. The van der Waals surface area contributed by atoms with E-state index in [1.165, 1.54) is 9.87 Å². The highest BCUT2D eigenvalue weighted by Gasteiger charge is 2.23. The van der Waals surface area contributed by atoms with Crippen molar-refractivity contribution in [2.75, 3.05) is 25.0 Å². The van der Waals surface area contributed by atoms with Crippen LogP contribution in [-0.4, -0.2) is 39.0 Å². The summed E-state index contributed by atoms with van der Waals surface area (Å²) in [5.41, 5.74) is 4.65. The normalized spacial score (nSPS) is 11.5. The fourth-order valence-corrected chi connectivity index (χ4v) is 5.25. The highest BCUT2D eigenvalue weighted by atomic mass is 32.2. The van der Waals surface area contributed by atoms with Crippen LogP contribution in [0.4, 0.5) is 5.69 Å². The Morgan fingerprint density at radius 2 is 1.54 bits per heavy atom. The van der Waals surface area contributed by atoms with Crippen molar-refractivity contribution in [2.24, 2.45) is 0 Å². The van der Waals surface area contributed by atoms with Crippen LogP contribution in [0.1, 0.15) is 18.2 Å². The lowest BCUT2D eigenvalue weighted by Gasteiger charge is -2.20. The Labute approximate surface area is 207 Å². The minimum absolute atomic E-state index is 0.177. The Morgan fingerprint density at radius 3 is 2.20 bits per heavy atom. The van der Waals surface area contributed by atoms with E-state index in [9.17, 15) is 8.42 Å². The van der Waals surface area contributed by atoms with Gasteiger partial charge in [-0.25, -0.2) is 8.42 Å². The smallest absolute Gasteiger partial charge is 0.264 e. The average Bonchev–Trinajstić information content (AvgIpc) is 3.36. The number of hydrogen-bond donors (Lipinski definition) is 1. The number of sulfonamides is 1. The number of nitrogens with zero attached hydrogens (tertiary/aromatic N) is 2. The summed E-state index contributed by atoms with van der Waals surface area (Å²) in [6.07, 6.45) is 0. The van der Waals surface area contributed by atoms with Gasteiger partial charge in [-0.2, -0.15) is 0 Å². The topological polar surface area (TPSA) is 65.6 Å². The number of aromatic amines is 1. The van der Waals surface area contributed by atoms with Gasteiger partial charge < -0.3 is 9.72 Å². The fraction of sp³-hybridized carbons (Fsp3) is 0.214. The zero-order valence-corrected chi connectivity index (χ0v) is 21.1. The molecule has 0 aliphatic carbocycles. The predicted octanol–water partition coefficient (Wildman–Crippen LogP) is 5.54. The molecule has 0 atom stereocenters. The number of anilines is 1. The van der Waals surface area contributed by atoms with Gasteiger partial charge in [-0.15, -0.1) is 0 Å². The van der Waals surface area contributed by atoms with Gasteiger partial charge in [0.05, 0.1) is 17.7 Å². The second kappa shape index (κ2) is 10.8. The molecule has 0 amide bonds. The second-order valence-electron chi connectivity index (χ2n) is 8.36. The van der Waals surface area contributed by atoms with Crippen LogP contribution in [-0.2, 0) is 23.1 Å². The second-order valence-corrected chi connectivity index (χ2v) is 10.3. The van der Waals surface area contributed by atoms with Gasteiger partial charge in [0.2, 0.25) is 0 Å². The zero-order chi connectivity index (χ0) is 24.8. The Hall–Kier alpha value is -3.55. The van der Waals surface area contributed by atoms with Crippen molar-refractivity contribution in [2.45, 2.75) is 24.9 Å². The summed E-state index contributed by atoms with van der Waals surface area (Å²) in [4.78, 5) is 6.02. The third kappa shape index (κ3) is 5.58. The van der Waals surface area contributed by atoms with E-state index in [1.54, 1.807) is 44.5 Å². The number of benzene rings is 3. The van der Waals surface area contributed by atoms with Crippen LogP contribution in [0.25, 0.3) is 11.3 Å². The Morgan fingerprint density at radius 1 is 0.857 bits per heavy atom. The van der Waals surface area contributed by atoms with E-state index in [1.807, 2.05) is 30.3 Å². The minimum atomic E-state index is -3.73. The SMILES string of the molecule is CCN(Cc1ccccc1)Cc1ccc(-c2ccc(S(=O)(=O)N(C)c3ccccc3)cc2OC)[nH]1. The van der Waals surface area contributed by atoms with Gasteiger partial charge in [0.15, 0.2) is 0 Å². The van der Waals surface area contributed by atoms with Gasteiger partial charge in [0.25, 0.3) is 10.0 Å². The van der Waals surface area contributed by atoms with Gasteiger partial charge in [0, 0.05) is 43.2 Å². The number of methoxy groups -OCH3 is 1. The van der Waals surface area contributed by atoms with Crippen molar-refractivity contribution in [1.82, 2.24) is 9.88 Å². The summed E-state index contributed by atoms with van der Waals surface area (Å²) >= 11 is 0. The van der Waals surface area contributed by atoms with Crippen LogP contribution in [0.15, 0.2) is 95.9 Å². The molecule has 6 nitrogen and oxygen atoms in total. The van der Waals surface area contributed by atoms with Crippen molar-refractivity contribution >= 4 is 15.7 Å². The third-order valence-corrected chi connectivity index (χ3v) is 7.86. The Kier molecular flexibility index (Phi) is 7.58. The zero-order valence-electron chi connectivity index (χ0n) is 20.3. The van der Waals surface area contributed by atoms with Gasteiger partial charge >= 0.3 is 0 Å². The van der Waals surface area contributed by atoms with Crippen molar-refractivity contribution in [3.8, 4) is 17.0 Å². The van der Waals surface area contributed by atoms with Gasteiger partial charge in [-0.1, -0.05) is 55.5 Å². The number of ether oxygens (including phenoxy) is 1. The van der Waals surface area contributed by atoms with Crippen LogP contribution in [0.5, 0.6) is 5.75 Å². The molecule has 1 heterocycles. The first-order chi connectivity index (χ1) is 16.9. The summed E-state index contributed by atoms with van der Waals surface area (Å²) in [6.45, 7) is 4.73. The average molecular weight is 490 g/mol. The fourth-order valence-electron chi connectivity index (χ4n) is 4.04. The monoisotopic (exact) mass is 489 g/mol. The minimum Gasteiger partial charge on any atom is -0.496 e. The lowest BCUT2D eigenvalue weighted by molar-refractivity contribution is 0.268. The molecule has 0 radical (unpaired) electrons. The molecule has 1 N–H and O–H groups in total. The summed E-state index contributed by atoms with van der Waals surface area (Å²) in [6, 6.07) is 28.5. The van der Waals surface area contributed by atoms with Crippen molar-refractivity contribution in [1.29, 1.82) is 0 Å². The quantitative estimate of drug-likeness (QED) is 0.318. The highest BCUT2D eigenvalue weighted by molar-refractivity contribution is 7.92. The van der Waals surface area contributed by atoms with E-state index in [2.05, 4.69) is 47.1 Å². The molecule has 1 aromatic heterocycles. The molecule has 0 bridgehead atoms. The van der Waals surface area contributed by atoms with Gasteiger partial charge in [-0.3, -0.25) is 9.21 Å². The number of hydrogen-bond acceptors (Lipinski definition) is 4. The van der Waals surface area contributed by atoms with Crippen LogP contribution >= 0.6 is 0 Å². The standard InChI is InChI=1S/C28H31N3O3S/c1-4-31(20-22-11-7-5-8-12-22)21-23-15-18-27(29-23)26-17-16-25(19-28(26)34-3)35(32,33)30(2)24-13-9-6-10-14-24/h5-19,29H,4,20-21H2,1-3H3. The largest absolute Gasteiger partial charge is 0.496 e. The molecule has 3 aromatic carbocycles. The Balaban J connectivity index is 1.55. The highest BCUT2D eigenvalue weighted by Crippen LogP contribution is 2.33. The first-order valence-corrected chi connectivity index (χ1v) is 13.0. The number of aromatic nitrogens is 1. The van der Waals surface area contributed by atoms with Crippen molar-refractivity contribution < 1.29 is 13.2 Å². The molecule has 0 saturated carbocycles. The van der Waals surface area contributed by atoms with Crippen LogP contribution < -0.4 is 9.04 Å². The summed E-state index contributed by atoms with van der Waals surface area (Å²) in [7, 11) is -0.624. The summed E-state index contributed by atoms with van der Waals surface area (Å²) in [5, 5.41) is 0. The number of H-pyrrole nitrogens is 1. The maximum absolute atomic E-state index is 13.2. The van der Waals surface area contributed by atoms with Gasteiger partial charge in [-0.05, 0) is 48.5 Å². The molecule has 7 heteroatoms. The maximum Gasteiger partial charge on any atom is 0.264 e. The van der Waals surface area contributed by atoms with E-state index in [0.29, 0.717) is 11.4 Å². The first kappa shape index (κ1) is 24.6. The maximum atomic E-state index is 13.2. The molecule has 0 aliphatic rings. The molecule has 4 rings (SSSR count). The number of para-hydroxylation sites is 1. The summed E-state index contributed by atoms with van der Waals surface area (Å²) < 4.78 is 33.3. The molecule has 182 valence electrons. The van der Waals surface area contributed by atoms with E-state index in [0.717, 1.165) is 36.6 Å². The molecular formula is C28H31N3O3S. The van der Waals surface area contributed by atoms with E-state index in [4.69, 9.17) is 4.74 Å². The van der Waals surface area contributed by atoms with Gasteiger partial charge in [0.1, 0.15) is 5.75 Å². The molecular weight excluding hydrogens is 458 g/mol. The first-order valence-electron chi connectivity index (χ1n) is 11.6.